The van der Waals surface area contributed by atoms with Crippen molar-refractivity contribution < 1.29 is 80.2 Å². The summed E-state index contributed by atoms with van der Waals surface area (Å²) in [5.74, 6) is 0.902. The molecule has 19 heteroatoms. The van der Waals surface area contributed by atoms with Crippen LogP contribution in [0.5, 0.6) is 0 Å². The van der Waals surface area contributed by atoms with Gasteiger partial charge in [0.1, 0.15) is 19.3 Å². The number of aliphatic hydroxyl groups excluding tert-OH is 1. The molecule has 0 aromatic carbocycles. The van der Waals surface area contributed by atoms with E-state index in [1.807, 2.05) is 0 Å². The predicted octanol–water partition coefficient (Wildman–Crippen LogP) is 22.8. The van der Waals surface area contributed by atoms with Crippen LogP contribution in [0.15, 0.2) is 0 Å². The predicted molar refractivity (Wildman–Crippen MR) is 395 cm³/mol. The minimum Gasteiger partial charge on any atom is -0.462 e. The first-order chi connectivity index (χ1) is 46.6. The van der Waals surface area contributed by atoms with Crippen molar-refractivity contribution >= 4 is 39.5 Å². The minimum atomic E-state index is -4.96. The van der Waals surface area contributed by atoms with E-state index in [1.165, 1.54) is 193 Å². The molecule has 0 bridgehead atoms. The van der Waals surface area contributed by atoms with Crippen molar-refractivity contribution in [3.63, 3.8) is 0 Å². The summed E-state index contributed by atoms with van der Waals surface area (Å²) in [6, 6.07) is 0. The molecule has 576 valence electrons. The van der Waals surface area contributed by atoms with Crippen molar-refractivity contribution in [2.75, 3.05) is 39.6 Å². The summed E-state index contributed by atoms with van der Waals surface area (Å²) in [6.07, 6.45) is 53.0. The fourth-order valence-corrected chi connectivity index (χ4v) is 13.5. The monoisotopic (exact) mass is 1420 g/mol. The first-order valence-electron chi connectivity index (χ1n) is 40.2. The highest BCUT2D eigenvalue weighted by Gasteiger charge is 2.30. The molecular formula is C78H152O17P2. The Morgan fingerprint density at radius 3 is 0.639 bits per heavy atom. The zero-order valence-electron chi connectivity index (χ0n) is 63.7. The number of hydrogen-bond donors (Lipinski definition) is 3. The van der Waals surface area contributed by atoms with Crippen LogP contribution in [0.1, 0.15) is 396 Å². The van der Waals surface area contributed by atoms with Crippen LogP contribution in [0, 0.1) is 23.7 Å². The van der Waals surface area contributed by atoms with Crippen LogP contribution in [-0.2, 0) is 65.4 Å². The van der Waals surface area contributed by atoms with E-state index in [4.69, 9.17) is 37.0 Å². The SMILES string of the molecule is CC(C)CCCCCCCCCCCCCCCCCCCCC(=O)OC[C@H](COP(=O)(O)OCC(O)COP(=O)(O)OC[C@@H](COC(=O)CCCCCCCCCC(C)C)OC(=O)CCCCCCCCCCCCCCC(C)C)OC(=O)CCCCCCCCCCC(C)C. The van der Waals surface area contributed by atoms with Crippen LogP contribution in [0.3, 0.4) is 0 Å². The Hall–Kier alpha value is -1.94. The van der Waals surface area contributed by atoms with Crippen LogP contribution in [0.2, 0.25) is 0 Å². The molecule has 0 radical (unpaired) electrons. The van der Waals surface area contributed by atoms with Gasteiger partial charge in [-0.2, -0.15) is 0 Å². The molecule has 0 aromatic heterocycles. The first kappa shape index (κ1) is 95.1. The maximum Gasteiger partial charge on any atom is 0.472 e. The minimum absolute atomic E-state index is 0.105. The molecule has 97 heavy (non-hydrogen) atoms. The number of aliphatic hydroxyl groups is 1. The van der Waals surface area contributed by atoms with Gasteiger partial charge in [0.15, 0.2) is 12.2 Å². The number of ether oxygens (including phenoxy) is 4. The number of rotatable bonds is 75. The Morgan fingerprint density at radius 1 is 0.258 bits per heavy atom. The normalized spacial score (nSPS) is 14.1. The molecule has 0 heterocycles. The third-order valence-electron chi connectivity index (χ3n) is 18.1. The van der Waals surface area contributed by atoms with Crippen LogP contribution in [-0.4, -0.2) is 96.7 Å². The second-order valence-corrected chi connectivity index (χ2v) is 32.9. The van der Waals surface area contributed by atoms with Gasteiger partial charge in [-0.25, -0.2) is 9.13 Å². The smallest absolute Gasteiger partial charge is 0.462 e. The molecule has 0 saturated heterocycles. The summed E-state index contributed by atoms with van der Waals surface area (Å²) in [7, 11) is -9.91. The fraction of sp³-hybridized carbons (Fsp3) is 0.949. The molecule has 0 rings (SSSR count). The summed E-state index contributed by atoms with van der Waals surface area (Å²) in [4.78, 5) is 72.8. The molecule has 3 N–H and O–H groups in total. The molecule has 0 aliphatic rings. The van der Waals surface area contributed by atoms with Gasteiger partial charge in [-0.3, -0.25) is 37.3 Å². The fourth-order valence-electron chi connectivity index (χ4n) is 11.9. The Labute approximate surface area is 594 Å². The lowest BCUT2D eigenvalue weighted by Crippen LogP contribution is -2.30. The second kappa shape index (κ2) is 67.2. The lowest BCUT2D eigenvalue weighted by Gasteiger charge is -2.21. The number of esters is 4. The molecule has 0 saturated carbocycles. The molecule has 5 atom stereocenters. The van der Waals surface area contributed by atoms with Crippen molar-refractivity contribution in [3.05, 3.63) is 0 Å². The summed E-state index contributed by atoms with van der Waals surface area (Å²) in [5.41, 5.74) is 0. The number of phosphoric ester groups is 2. The highest BCUT2D eigenvalue weighted by molar-refractivity contribution is 7.47. The molecule has 0 aromatic rings. The summed E-state index contributed by atoms with van der Waals surface area (Å²) in [6.45, 7) is 14.2. The number of phosphoric acid groups is 2. The van der Waals surface area contributed by atoms with E-state index in [9.17, 15) is 43.2 Å². The Balaban J connectivity index is 5.16. The van der Waals surface area contributed by atoms with Gasteiger partial charge in [-0.15, -0.1) is 0 Å². The van der Waals surface area contributed by atoms with Crippen molar-refractivity contribution in [2.45, 2.75) is 414 Å². The van der Waals surface area contributed by atoms with E-state index in [1.54, 1.807) is 0 Å². The molecule has 0 amide bonds. The van der Waals surface area contributed by atoms with Gasteiger partial charge >= 0.3 is 39.5 Å². The molecule has 3 unspecified atom stereocenters. The maximum atomic E-state index is 13.1. The zero-order chi connectivity index (χ0) is 71.7. The average Bonchev–Trinajstić information content (AvgIpc) is 1.20. The van der Waals surface area contributed by atoms with Gasteiger partial charge in [-0.1, -0.05) is 344 Å². The largest absolute Gasteiger partial charge is 0.472 e. The average molecular weight is 1420 g/mol. The van der Waals surface area contributed by atoms with E-state index >= 15 is 0 Å². The second-order valence-electron chi connectivity index (χ2n) is 30.0. The highest BCUT2D eigenvalue weighted by Crippen LogP contribution is 2.45. The van der Waals surface area contributed by atoms with Gasteiger partial charge in [0.05, 0.1) is 26.4 Å². The topological polar surface area (TPSA) is 237 Å². The Bertz CT molecular complexity index is 1900. The standard InChI is InChI=1S/C78H152O17P2/c1-68(2)54-46-38-30-23-19-15-13-11-9-10-12-14-16-21-25-34-42-50-58-75(80)88-64-73(95-78(83)61-53-45-36-28-27-32-40-48-56-70(5)6)66-92-96(84,85)90-62-72(79)63-91-97(86,87)93-67-74(65-89-76(81)59-51-43-37-29-33-41-49-57-71(7)8)94-77(82)60-52-44-35-26-22-18-17-20-24-31-39-47-55-69(3)4/h68-74,79H,9-67H2,1-8H3,(H,84,85)(H,86,87)/t72?,73-,74-/m1/s1. The van der Waals surface area contributed by atoms with Gasteiger partial charge < -0.3 is 33.8 Å². The zero-order valence-corrected chi connectivity index (χ0v) is 65.5. The van der Waals surface area contributed by atoms with Gasteiger partial charge in [-0.05, 0) is 49.4 Å². The van der Waals surface area contributed by atoms with Crippen molar-refractivity contribution in [3.8, 4) is 0 Å². The third kappa shape index (κ3) is 72.2. The van der Waals surface area contributed by atoms with Gasteiger partial charge in [0, 0.05) is 25.7 Å². The highest BCUT2D eigenvalue weighted by atomic mass is 31.2. The van der Waals surface area contributed by atoms with E-state index < -0.39 is 97.5 Å². The van der Waals surface area contributed by atoms with Crippen LogP contribution < -0.4 is 0 Å². The molecule has 17 nitrogen and oxygen atoms in total. The van der Waals surface area contributed by atoms with Crippen LogP contribution >= 0.6 is 15.6 Å². The van der Waals surface area contributed by atoms with E-state index in [0.717, 1.165) is 114 Å². The van der Waals surface area contributed by atoms with Gasteiger partial charge in [0.2, 0.25) is 0 Å². The van der Waals surface area contributed by atoms with E-state index in [0.29, 0.717) is 31.6 Å². The van der Waals surface area contributed by atoms with Crippen molar-refractivity contribution in [1.29, 1.82) is 0 Å². The molecule has 0 aliphatic heterocycles. The van der Waals surface area contributed by atoms with E-state index in [2.05, 4.69) is 55.4 Å². The van der Waals surface area contributed by atoms with Crippen LogP contribution in [0.25, 0.3) is 0 Å². The Kier molecular flexibility index (Phi) is 65.9. The lowest BCUT2D eigenvalue weighted by atomic mass is 10.0. The number of hydrogen-bond acceptors (Lipinski definition) is 15. The summed E-state index contributed by atoms with van der Waals surface area (Å²) >= 11 is 0. The van der Waals surface area contributed by atoms with Crippen molar-refractivity contribution in [1.82, 2.24) is 0 Å². The van der Waals surface area contributed by atoms with Crippen molar-refractivity contribution in [2.24, 2.45) is 23.7 Å². The summed E-state index contributed by atoms with van der Waals surface area (Å²) < 4.78 is 68.5. The Morgan fingerprint density at radius 2 is 0.433 bits per heavy atom. The van der Waals surface area contributed by atoms with E-state index in [-0.39, 0.29) is 25.7 Å². The molecule has 0 fully saturated rings. The number of carbonyl (C=O) groups is 4. The third-order valence-corrected chi connectivity index (χ3v) is 20.0. The maximum absolute atomic E-state index is 13.1. The first-order valence-corrected chi connectivity index (χ1v) is 43.2. The molecule has 0 spiro atoms. The quantitative estimate of drug-likeness (QED) is 0.0222. The van der Waals surface area contributed by atoms with Gasteiger partial charge in [0.25, 0.3) is 0 Å². The van der Waals surface area contributed by atoms with Crippen LogP contribution in [0.4, 0.5) is 0 Å². The number of unbranched alkanes of at least 4 members (excludes halogenated alkanes) is 41. The lowest BCUT2D eigenvalue weighted by molar-refractivity contribution is -0.161. The number of carbonyl (C=O) groups excluding carboxylic acids is 4. The molecule has 0 aliphatic carbocycles. The summed E-state index contributed by atoms with van der Waals surface area (Å²) in [5, 5.41) is 10.6. The molecular weight excluding hydrogens is 1270 g/mol.